The Labute approximate surface area is 135 Å². The number of carbonyl (C=O) groups is 1. The first-order valence-corrected chi connectivity index (χ1v) is 8.17. The minimum atomic E-state index is -0.308. The first kappa shape index (κ1) is 16.5. The van der Waals surface area contributed by atoms with Gasteiger partial charge in [0.15, 0.2) is 0 Å². The lowest BCUT2D eigenvalue weighted by molar-refractivity contribution is -0.125. The van der Waals surface area contributed by atoms with Gasteiger partial charge in [-0.25, -0.2) is 0 Å². The molecule has 0 saturated carbocycles. The molecule has 2 rings (SSSR count). The predicted molar refractivity (Wildman–Crippen MR) is 87.1 cm³/mol. The quantitative estimate of drug-likeness (QED) is 0.874. The lowest BCUT2D eigenvalue weighted by Crippen LogP contribution is -2.62. The fraction of sp³-hybridized carbons (Fsp3) is 0.733. The summed E-state index contributed by atoms with van der Waals surface area (Å²) >= 11 is 3.35. The number of nitrogens with zero attached hydrogens (tertiary/aromatic N) is 2. The summed E-state index contributed by atoms with van der Waals surface area (Å²) < 4.78 is 2.56. The van der Waals surface area contributed by atoms with E-state index in [1.54, 1.807) is 10.9 Å². The predicted octanol–water partition coefficient (Wildman–Crippen LogP) is 2.63. The van der Waals surface area contributed by atoms with Crippen molar-refractivity contribution in [2.75, 3.05) is 0 Å². The fourth-order valence-electron chi connectivity index (χ4n) is 3.39. The molecule has 1 fully saturated rings. The number of halogens is 1. The lowest BCUT2D eigenvalue weighted by atomic mass is 9.79. The van der Waals surface area contributed by atoms with Crippen LogP contribution in [0, 0.1) is 0 Å². The molecule has 1 aliphatic heterocycles. The van der Waals surface area contributed by atoms with Crippen molar-refractivity contribution in [1.29, 1.82) is 0 Å². The second-order valence-corrected chi connectivity index (χ2v) is 8.24. The average molecular weight is 357 g/mol. The summed E-state index contributed by atoms with van der Waals surface area (Å²) in [5.74, 6) is 0.0177. The van der Waals surface area contributed by atoms with Crippen LogP contribution in [0.15, 0.2) is 16.9 Å². The highest BCUT2D eigenvalue weighted by atomic mass is 79.9. The Balaban J connectivity index is 2.02. The van der Waals surface area contributed by atoms with Crippen LogP contribution in [-0.2, 0) is 4.79 Å². The number of hydrogen-bond acceptors (Lipinski definition) is 3. The minimum Gasteiger partial charge on any atom is -0.351 e. The van der Waals surface area contributed by atoms with E-state index in [-0.39, 0.29) is 29.1 Å². The van der Waals surface area contributed by atoms with Crippen molar-refractivity contribution >= 4 is 21.8 Å². The van der Waals surface area contributed by atoms with Crippen LogP contribution in [0.2, 0.25) is 0 Å². The van der Waals surface area contributed by atoms with Crippen molar-refractivity contribution < 1.29 is 4.79 Å². The van der Waals surface area contributed by atoms with Gasteiger partial charge in [0.2, 0.25) is 5.91 Å². The molecule has 1 aromatic rings. The topological polar surface area (TPSA) is 59.0 Å². The summed E-state index contributed by atoms with van der Waals surface area (Å²) in [4.78, 5) is 12.4. The Kier molecular flexibility index (Phi) is 4.49. The molecule has 5 nitrogen and oxygen atoms in total. The fourth-order valence-corrected chi connectivity index (χ4v) is 3.69. The van der Waals surface area contributed by atoms with Crippen LogP contribution >= 0.6 is 15.9 Å². The molecule has 1 saturated heterocycles. The Morgan fingerprint density at radius 1 is 1.43 bits per heavy atom. The number of hydrogen-bond donors (Lipinski definition) is 2. The molecule has 2 N–H and O–H groups in total. The molecule has 1 amide bonds. The second-order valence-electron chi connectivity index (χ2n) is 7.32. The molecular weight excluding hydrogens is 332 g/mol. The minimum absolute atomic E-state index is 0.0177. The molecule has 21 heavy (non-hydrogen) atoms. The maximum absolute atomic E-state index is 12.4. The maximum atomic E-state index is 12.4. The molecule has 0 bridgehead atoms. The number of piperidine rings is 1. The third-order valence-corrected chi connectivity index (χ3v) is 4.29. The van der Waals surface area contributed by atoms with E-state index in [1.807, 2.05) is 13.1 Å². The van der Waals surface area contributed by atoms with Crippen LogP contribution in [-0.4, -0.2) is 32.8 Å². The second kappa shape index (κ2) is 5.72. The maximum Gasteiger partial charge on any atom is 0.244 e. The van der Waals surface area contributed by atoms with Gasteiger partial charge < -0.3 is 10.6 Å². The van der Waals surface area contributed by atoms with Crippen molar-refractivity contribution in [3.63, 3.8) is 0 Å². The third-order valence-electron chi connectivity index (χ3n) is 3.88. The van der Waals surface area contributed by atoms with E-state index in [9.17, 15) is 4.79 Å². The molecule has 6 heteroatoms. The van der Waals surface area contributed by atoms with Gasteiger partial charge in [0.1, 0.15) is 6.04 Å². The molecule has 1 aliphatic rings. The number of amides is 1. The molecule has 0 unspecified atom stereocenters. The van der Waals surface area contributed by atoms with Gasteiger partial charge in [-0.1, -0.05) is 0 Å². The Bertz CT molecular complexity index is 507. The van der Waals surface area contributed by atoms with Gasteiger partial charge in [-0.05, 0) is 63.4 Å². The summed E-state index contributed by atoms with van der Waals surface area (Å²) in [6, 6.07) is -0.123. The van der Waals surface area contributed by atoms with E-state index in [4.69, 9.17) is 0 Å². The largest absolute Gasteiger partial charge is 0.351 e. The van der Waals surface area contributed by atoms with Gasteiger partial charge in [0, 0.05) is 23.3 Å². The number of rotatable bonds is 3. The molecule has 1 atom stereocenters. The molecule has 0 spiro atoms. The van der Waals surface area contributed by atoms with Crippen molar-refractivity contribution in [1.82, 2.24) is 20.4 Å². The third kappa shape index (κ3) is 4.30. The molecular formula is C15H25BrN4O. The van der Waals surface area contributed by atoms with Crippen molar-refractivity contribution in [2.45, 2.75) is 70.6 Å². The van der Waals surface area contributed by atoms with E-state index < -0.39 is 0 Å². The van der Waals surface area contributed by atoms with Gasteiger partial charge >= 0.3 is 0 Å². The highest BCUT2D eigenvalue weighted by Crippen LogP contribution is 2.28. The van der Waals surface area contributed by atoms with Gasteiger partial charge in [-0.2, -0.15) is 5.10 Å². The standard InChI is InChI=1S/C15H25BrN4O/c1-10(20-9-11(16)8-17-20)13(21)18-12-6-14(2,3)19-15(4,5)7-12/h8-10,12,19H,6-7H2,1-5H3,(H,18,21)/t10-/m1/s1. The zero-order valence-electron chi connectivity index (χ0n) is 13.4. The highest BCUT2D eigenvalue weighted by molar-refractivity contribution is 9.10. The molecule has 0 aliphatic carbocycles. The van der Waals surface area contributed by atoms with E-state index in [0.29, 0.717) is 0 Å². The number of nitrogens with one attached hydrogen (secondary N) is 2. The van der Waals surface area contributed by atoms with Gasteiger partial charge in [0.05, 0.1) is 10.7 Å². The van der Waals surface area contributed by atoms with Gasteiger partial charge in [-0.15, -0.1) is 0 Å². The van der Waals surface area contributed by atoms with Crippen LogP contribution in [0.4, 0.5) is 0 Å². The van der Waals surface area contributed by atoms with Crippen LogP contribution in [0.1, 0.15) is 53.5 Å². The normalized spacial score (nSPS) is 22.8. The molecule has 0 aromatic carbocycles. The van der Waals surface area contributed by atoms with Crippen LogP contribution in [0.3, 0.4) is 0 Å². The van der Waals surface area contributed by atoms with Gasteiger partial charge in [-0.3, -0.25) is 9.48 Å². The van der Waals surface area contributed by atoms with Crippen LogP contribution in [0.5, 0.6) is 0 Å². The zero-order valence-corrected chi connectivity index (χ0v) is 15.0. The van der Waals surface area contributed by atoms with E-state index in [1.165, 1.54) is 0 Å². The summed E-state index contributed by atoms with van der Waals surface area (Å²) in [7, 11) is 0. The lowest BCUT2D eigenvalue weighted by Gasteiger charge is -2.46. The van der Waals surface area contributed by atoms with E-state index in [2.05, 4.69) is 59.4 Å². The molecule has 1 aromatic heterocycles. The average Bonchev–Trinajstić information content (AvgIpc) is 2.70. The Hall–Kier alpha value is -0.880. The number of aromatic nitrogens is 2. The summed E-state index contributed by atoms with van der Waals surface area (Å²) in [6.07, 6.45) is 5.37. The van der Waals surface area contributed by atoms with Crippen LogP contribution in [0.25, 0.3) is 0 Å². The summed E-state index contributed by atoms with van der Waals surface area (Å²) in [6.45, 7) is 10.6. The summed E-state index contributed by atoms with van der Waals surface area (Å²) in [5.41, 5.74) is 0.0509. The highest BCUT2D eigenvalue weighted by Gasteiger charge is 2.38. The van der Waals surface area contributed by atoms with Crippen molar-refractivity contribution in [3.8, 4) is 0 Å². The first-order chi connectivity index (χ1) is 9.58. The van der Waals surface area contributed by atoms with Crippen molar-refractivity contribution in [2.24, 2.45) is 0 Å². The molecule has 118 valence electrons. The van der Waals surface area contributed by atoms with E-state index >= 15 is 0 Å². The zero-order chi connectivity index (χ0) is 15.8. The summed E-state index contributed by atoms with van der Waals surface area (Å²) in [5, 5.41) is 11.0. The Morgan fingerprint density at radius 3 is 2.48 bits per heavy atom. The SMILES string of the molecule is C[C@H](C(=O)NC1CC(C)(C)NC(C)(C)C1)n1cc(Br)cn1. The Morgan fingerprint density at radius 2 is 2.00 bits per heavy atom. The molecule has 0 radical (unpaired) electrons. The number of carbonyl (C=O) groups excluding carboxylic acids is 1. The van der Waals surface area contributed by atoms with E-state index in [0.717, 1.165) is 17.3 Å². The molecule has 2 heterocycles. The van der Waals surface area contributed by atoms with Gasteiger partial charge in [0.25, 0.3) is 0 Å². The van der Waals surface area contributed by atoms with Crippen LogP contribution < -0.4 is 10.6 Å². The monoisotopic (exact) mass is 356 g/mol. The first-order valence-electron chi connectivity index (χ1n) is 7.37. The van der Waals surface area contributed by atoms with Crippen molar-refractivity contribution in [3.05, 3.63) is 16.9 Å². The smallest absolute Gasteiger partial charge is 0.244 e.